The first-order chi connectivity index (χ1) is 12.5. The van der Waals surface area contributed by atoms with Crippen LogP contribution in [0.15, 0.2) is 12.1 Å². The van der Waals surface area contributed by atoms with E-state index in [1.54, 1.807) is 11.3 Å². The molecule has 0 saturated carbocycles. The molecule has 3 amide bonds. The van der Waals surface area contributed by atoms with Gasteiger partial charge in [-0.25, -0.2) is 14.2 Å². The van der Waals surface area contributed by atoms with Gasteiger partial charge in [0.1, 0.15) is 5.82 Å². The molecular formula is C18H19FN4O2S. The molecule has 26 heavy (non-hydrogen) atoms. The maximum absolute atomic E-state index is 13.9. The van der Waals surface area contributed by atoms with Crippen molar-refractivity contribution < 1.29 is 14.0 Å². The molecular weight excluding hydrogens is 355 g/mol. The van der Waals surface area contributed by atoms with Crippen LogP contribution in [0.2, 0.25) is 0 Å². The van der Waals surface area contributed by atoms with Crippen molar-refractivity contribution in [1.29, 1.82) is 0 Å². The minimum absolute atomic E-state index is 0.137. The van der Waals surface area contributed by atoms with Crippen LogP contribution in [0.4, 0.5) is 20.6 Å². The first-order valence-corrected chi connectivity index (χ1v) is 9.47. The first-order valence-electron chi connectivity index (χ1n) is 8.65. The van der Waals surface area contributed by atoms with Crippen molar-refractivity contribution in [3.05, 3.63) is 39.1 Å². The molecule has 4 rings (SSSR count). The van der Waals surface area contributed by atoms with E-state index in [2.05, 4.69) is 20.9 Å². The van der Waals surface area contributed by atoms with Gasteiger partial charge in [0.15, 0.2) is 0 Å². The smallest absolute Gasteiger partial charge is 0.319 e. The number of aromatic nitrogens is 1. The highest BCUT2D eigenvalue weighted by Crippen LogP contribution is 2.34. The number of benzene rings is 1. The molecule has 0 saturated heterocycles. The number of carbonyl (C=O) groups excluding carboxylic acids is 2. The Kier molecular flexibility index (Phi) is 4.36. The third-order valence-electron chi connectivity index (χ3n) is 4.69. The molecule has 0 radical (unpaired) electrons. The quantitative estimate of drug-likeness (QED) is 0.750. The summed E-state index contributed by atoms with van der Waals surface area (Å²) in [6, 6.07) is 2.04. The normalized spacial score (nSPS) is 18.5. The predicted molar refractivity (Wildman–Crippen MR) is 98.0 cm³/mol. The summed E-state index contributed by atoms with van der Waals surface area (Å²) in [5.41, 5.74) is 2.38. The zero-order valence-electron chi connectivity index (χ0n) is 14.3. The molecule has 1 aliphatic carbocycles. The van der Waals surface area contributed by atoms with Gasteiger partial charge in [-0.15, -0.1) is 11.3 Å². The topological polar surface area (TPSA) is 83.1 Å². The molecule has 8 heteroatoms. The Labute approximate surface area is 154 Å². The summed E-state index contributed by atoms with van der Waals surface area (Å²) in [7, 11) is 0. The standard InChI is InChI=1S/C18H19FN4O2S/c1-9-20-17-12(3-2-4-14(17)26-9)21-18(25)22-13-8-11(19)7-10-5-6-15(24)23-16(10)13/h7-8,12H,2-6H2,1H3,(H,23,24)(H2,21,22,25). The van der Waals surface area contributed by atoms with Crippen molar-refractivity contribution in [3.8, 4) is 0 Å². The SMILES string of the molecule is Cc1nc2c(s1)CCCC2NC(=O)Nc1cc(F)cc2c1NC(=O)CC2. The molecule has 1 aromatic heterocycles. The Bertz CT molecular complexity index is 896. The second-order valence-electron chi connectivity index (χ2n) is 6.62. The molecule has 0 spiro atoms. The molecule has 136 valence electrons. The van der Waals surface area contributed by atoms with Gasteiger partial charge in [0.05, 0.1) is 28.1 Å². The minimum atomic E-state index is -0.440. The highest BCUT2D eigenvalue weighted by Gasteiger charge is 2.26. The third-order valence-corrected chi connectivity index (χ3v) is 5.73. The molecule has 1 atom stereocenters. The number of nitrogens with one attached hydrogen (secondary N) is 3. The Morgan fingerprint density at radius 3 is 3.04 bits per heavy atom. The van der Waals surface area contributed by atoms with Gasteiger partial charge in [-0.05, 0) is 50.3 Å². The molecule has 1 aliphatic heterocycles. The number of carbonyl (C=O) groups is 2. The number of nitrogens with zero attached hydrogens (tertiary/aromatic N) is 1. The van der Waals surface area contributed by atoms with E-state index in [9.17, 15) is 14.0 Å². The lowest BCUT2D eigenvalue weighted by atomic mass is 9.98. The minimum Gasteiger partial charge on any atom is -0.329 e. The summed E-state index contributed by atoms with van der Waals surface area (Å²) < 4.78 is 13.9. The Hall–Kier alpha value is -2.48. The third kappa shape index (κ3) is 3.29. The van der Waals surface area contributed by atoms with Crippen molar-refractivity contribution in [1.82, 2.24) is 10.3 Å². The van der Waals surface area contributed by atoms with Gasteiger partial charge in [0.25, 0.3) is 0 Å². The average molecular weight is 374 g/mol. The largest absolute Gasteiger partial charge is 0.329 e. The fourth-order valence-corrected chi connectivity index (χ4v) is 4.59. The van der Waals surface area contributed by atoms with E-state index in [-0.39, 0.29) is 17.6 Å². The number of fused-ring (bicyclic) bond motifs is 2. The lowest BCUT2D eigenvalue weighted by Gasteiger charge is -2.24. The molecule has 2 heterocycles. The molecule has 3 N–H and O–H groups in total. The van der Waals surface area contributed by atoms with Crippen LogP contribution in [-0.4, -0.2) is 16.9 Å². The average Bonchev–Trinajstić information content (AvgIpc) is 2.97. The first kappa shape index (κ1) is 17.0. The van der Waals surface area contributed by atoms with Gasteiger partial charge >= 0.3 is 6.03 Å². The second kappa shape index (κ2) is 6.68. The zero-order valence-corrected chi connectivity index (χ0v) is 15.1. The van der Waals surface area contributed by atoms with E-state index < -0.39 is 11.8 Å². The van der Waals surface area contributed by atoms with Crippen molar-refractivity contribution in [2.45, 2.75) is 45.1 Å². The molecule has 6 nitrogen and oxygen atoms in total. The van der Waals surface area contributed by atoms with Crippen LogP contribution in [-0.2, 0) is 17.6 Å². The Balaban J connectivity index is 1.53. The maximum Gasteiger partial charge on any atom is 0.319 e. The van der Waals surface area contributed by atoms with Gasteiger partial charge in [0.2, 0.25) is 5.91 Å². The van der Waals surface area contributed by atoms with Crippen LogP contribution >= 0.6 is 11.3 Å². The maximum atomic E-state index is 13.9. The van der Waals surface area contributed by atoms with Gasteiger partial charge in [-0.3, -0.25) is 4.79 Å². The number of hydrogen-bond donors (Lipinski definition) is 3. The number of amides is 3. The monoisotopic (exact) mass is 374 g/mol. The summed E-state index contributed by atoms with van der Waals surface area (Å²) in [4.78, 5) is 29.9. The van der Waals surface area contributed by atoms with Gasteiger partial charge in [-0.1, -0.05) is 0 Å². The number of aryl methyl sites for hydroxylation is 3. The van der Waals surface area contributed by atoms with Gasteiger partial charge in [-0.2, -0.15) is 0 Å². The molecule has 0 fully saturated rings. The van der Waals surface area contributed by atoms with E-state index >= 15 is 0 Å². The number of urea groups is 1. The zero-order chi connectivity index (χ0) is 18.3. The molecule has 1 aromatic carbocycles. The van der Waals surface area contributed by atoms with Crippen LogP contribution in [0.5, 0.6) is 0 Å². The number of halogens is 1. The number of rotatable bonds is 2. The summed E-state index contributed by atoms with van der Waals surface area (Å²) in [6.07, 6.45) is 3.58. The number of thiazole rings is 1. The van der Waals surface area contributed by atoms with Crippen molar-refractivity contribution in [2.75, 3.05) is 10.6 Å². The molecule has 2 aliphatic rings. The summed E-state index contributed by atoms with van der Waals surface area (Å²) in [5, 5.41) is 9.34. The fraction of sp³-hybridized carbons (Fsp3) is 0.389. The second-order valence-corrected chi connectivity index (χ2v) is 7.91. The van der Waals surface area contributed by atoms with Crippen LogP contribution in [0.25, 0.3) is 0 Å². The van der Waals surface area contributed by atoms with E-state index in [0.717, 1.165) is 30.0 Å². The van der Waals surface area contributed by atoms with Crippen LogP contribution in [0.3, 0.4) is 0 Å². The Morgan fingerprint density at radius 2 is 2.19 bits per heavy atom. The van der Waals surface area contributed by atoms with Crippen LogP contribution < -0.4 is 16.0 Å². The number of hydrogen-bond acceptors (Lipinski definition) is 4. The van der Waals surface area contributed by atoms with Crippen molar-refractivity contribution in [3.63, 3.8) is 0 Å². The van der Waals surface area contributed by atoms with Gasteiger partial charge < -0.3 is 16.0 Å². The van der Waals surface area contributed by atoms with Crippen molar-refractivity contribution >= 4 is 34.6 Å². The van der Waals surface area contributed by atoms with E-state index in [1.165, 1.54) is 17.0 Å². The summed E-state index contributed by atoms with van der Waals surface area (Å²) >= 11 is 1.67. The lowest BCUT2D eigenvalue weighted by molar-refractivity contribution is -0.116. The number of anilines is 2. The fourth-order valence-electron chi connectivity index (χ4n) is 3.55. The summed E-state index contributed by atoms with van der Waals surface area (Å²) in [6.45, 7) is 1.96. The van der Waals surface area contributed by atoms with E-state index in [4.69, 9.17) is 0 Å². The van der Waals surface area contributed by atoms with E-state index in [0.29, 0.717) is 24.1 Å². The summed E-state index contributed by atoms with van der Waals surface area (Å²) in [5.74, 6) is -0.576. The van der Waals surface area contributed by atoms with Gasteiger partial charge in [0, 0.05) is 11.3 Å². The van der Waals surface area contributed by atoms with Crippen LogP contribution in [0, 0.1) is 12.7 Å². The highest BCUT2D eigenvalue weighted by molar-refractivity contribution is 7.11. The molecule has 1 unspecified atom stereocenters. The van der Waals surface area contributed by atoms with Crippen LogP contribution in [0.1, 0.15) is 46.4 Å². The Morgan fingerprint density at radius 1 is 1.35 bits per heavy atom. The lowest BCUT2D eigenvalue weighted by Crippen LogP contribution is -2.35. The molecule has 2 aromatic rings. The highest BCUT2D eigenvalue weighted by atomic mass is 32.1. The predicted octanol–water partition coefficient (Wildman–Crippen LogP) is 3.67. The molecule has 0 bridgehead atoms. The van der Waals surface area contributed by atoms with Crippen molar-refractivity contribution in [2.24, 2.45) is 0 Å². The van der Waals surface area contributed by atoms with E-state index in [1.807, 2.05) is 6.92 Å².